The van der Waals surface area contributed by atoms with Gasteiger partial charge < -0.3 is 19.5 Å². The molecule has 0 radical (unpaired) electrons. The predicted molar refractivity (Wildman–Crippen MR) is 126 cm³/mol. The van der Waals surface area contributed by atoms with E-state index in [0.717, 1.165) is 11.4 Å². The van der Waals surface area contributed by atoms with Gasteiger partial charge in [0.1, 0.15) is 4.90 Å². The molecule has 0 amide bonds. The van der Waals surface area contributed by atoms with Crippen LogP contribution in [-0.2, 0) is 14.8 Å². The molecular weight excluding hydrogens is 464 g/mol. The van der Waals surface area contributed by atoms with Gasteiger partial charge in [0.2, 0.25) is 0 Å². The molecule has 3 aromatic carbocycles. The Kier molecular flexibility index (Phi) is 5.84. The van der Waals surface area contributed by atoms with Crippen molar-refractivity contribution in [3.63, 3.8) is 0 Å². The second-order valence-electron chi connectivity index (χ2n) is 7.83. The van der Waals surface area contributed by atoms with Gasteiger partial charge in [-0.25, -0.2) is 0 Å². The molecule has 9 heteroatoms. The van der Waals surface area contributed by atoms with Crippen LogP contribution in [0.5, 0.6) is 11.5 Å². The first-order chi connectivity index (χ1) is 16.0. The molecule has 7 nitrogen and oxygen atoms in total. The first-order valence-electron chi connectivity index (χ1n) is 10.4. The number of anilines is 2. The average molecular weight is 485 g/mol. The lowest BCUT2D eigenvalue weighted by Gasteiger charge is -2.43. The van der Waals surface area contributed by atoms with Gasteiger partial charge in [-0.05, 0) is 36.4 Å². The quantitative estimate of drug-likeness (QED) is 0.551. The van der Waals surface area contributed by atoms with Crippen LogP contribution >= 0.6 is 11.6 Å². The number of para-hydroxylation sites is 4. The van der Waals surface area contributed by atoms with Gasteiger partial charge in [-0.1, -0.05) is 48.0 Å². The Balaban J connectivity index is 1.46. The van der Waals surface area contributed by atoms with Crippen LogP contribution in [0.15, 0.2) is 82.1 Å². The van der Waals surface area contributed by atoms with Gasteiger partial charge in [0.15, 0.2) is 11.5 Å². The van der Waals surface area contributed by atoms with Crippen molar-refractivity contribution in [2.75, 3.05) is 18.1 Å². The van der Waals surface area contributed by atoms with E-state index in [-0.39, 0.29) is 23.1 Å². The molecule has 3 atom stereocenters. The molecule has 0 spiro atoms. The van der Waals surface area contributed by atoms with Crippen LogP contribution in [-0.4, -0.2) is 45.1 Å². The number of sulfonamides is 1. The number of rotatable bonds is 4. The fraction of sp³-hybridized carbons (Fsp3) is 0.208. The third-order valence-electron chi connectivity index (χ3n) is 5.74. The Hall–Kier alpha value is -2.91. The largest absolute Gasteiger partial charge is 0.453 e. The van der Waals surface area contributed by atoms with Crippen molar-refractivity contribution in [1.29, 1.82) is 0 Å². The maximum Gasteiger partial charge on any atom is 0.283 e. The standard InChI is InChI=1S/C24H21ClN2O5S/c25-17-7-1-6-12-23(17)33(29,30)26-13-16-14-31-15-20(24(16)28)27-18-8-2-4-10-21(18)32-22-11-5-3-9-19(22)27/h1-13,16,20,24,28H,14-15H2/t16?,20-,24-/m0/s1. The third-order valence-corrected chi connectivity index (χ3v) is 7.49. The highest BCUT2D eigenvalue weighted by molar-refractivity contribution is 7.90. The molecule has 0 aliphatic carbocycles. The van der Waals surface area contributed by atoms with Crippen LogP contribution in [0.25, 0.3) is 0 Å². The molecular formula is C24H21ClN2O5S. The number of halogens is 1. The second kappa shape index (κ2) is 8.79. The Morgan fingerprint density at radius 2 is 1.55 bits per heavy atom. The maximum absolute atomic E-state index is 12.7. The van der Waals surface area contributed by atoms with Crippen LogP contribution in [0.1, 0.15) is 0 Å². The van der Waals surface area contributed by atoms with E-state index in [0.29, 0.717) is 11.5 Å². The Morgan fingerprint density at radius 3 is 2.21 bits per heavy atom. The van der Waals surface area contributed by atoms with E-state index in [4.69, 9.17) is 21.1 Å². The van der Waals surface area contributed by atoms with Crippen molar-refractivity contribution in [1.82, 2.24) is 0 Å². The van der Waals surface area contributed by atoms with Gasteiger partial charge in [0.25, 0.3) is 10.0 Å². The lowest BCUT2D eigenvalue weighted by atomic mass is 9.93. The van der Waals surface area contributed by atoms with E-state index in [1.165, 1.54) is 18.3 Å². The molecule has 170 valence electrons. The molecule has 5 rings (SSSR count). The normalized spacial score (nSPS) is 22.5. The van der Waals surface area contributed by atoms with Crippen molar-refractivity contribution < 1.29 is 23.0 Å². The van der Waals surface area contributed by atoms with E-state index in [1.807, 2.05) is 53.4 Å². The Morgan fingerprint density at radius 1 is 0.939 bits per heavy atom. The zero-order valence-corrected chi connectivity index (χ0v) is 19.0. The van der Waals surface area contributed by atoms with Gasteiger partial charge in [-0.3, -0.25) is 0 Å². The van der Waals surface area contributed by atoms with Gasteiger partial charge in [0.05, 0.1) is 41.8 Å². The van der Waals surface area contributed by atoms with Crippen molar-refractivity contribution in [3.05, 3.63) is 77.8 Å². The molecule has 0 bridgehead atoms. The van der Waals surface area contributed by atoms with Crippen LogP contribution in [0.4, 0.5) is 11.4 Å². The van der Waals surface area contributed by atoms with E-state index in [2.05, 4.69) is 4.40 Å². The number of hydrogen-bond acceptors (Lipinski definition) is 6. The molecule has 1 saturated heterocycles. The number of aliphatic hydroxyl groups excluding tert-OH is 1. The summed E-state index contributed by atoms with van der Waals surface area (Å²) in [5, 5.41) is 11.4. The summed E-state index contributed by atoms with van der Waals surface area (Å²) < 4.78 is 41.0. The summed E-state index contributed by atoms with van der Waals surface area (Å²) in [5.74, 6) is 0.698. The van der Waals surface area contributed by atoms with E-state index in [9.17, 15) is 13.5 Å². The van der Waals surface area contributed by atoms with Crippen molar-refractivity contribution in [2.45, 2.75) is 17.0 Å². The highest BCUT2D eigenvalue weighted by atomic mass is 35.5. The molecule has 0 aromatic heterocycles. The predicted octanol–water partition coefficient (Wildman–Crippen LogP) is 4.42. The zero-order chi connectivity index (χ0) is 23.0. The molecule has 33 heavy (non-hydrogen) atoms. The highest BCUT2D eigenvalue weighted by Crippen LogP contribution is 2.48. The van der Waals surface area contributed by atoms with Gasteiger partial charge in [0, 0.05) is 12.1 Å². The molecule has 3 aromatic rings. The summed E-state index contributed by atoms with van der Waals surface area (Å²) in [7, 11) is -4.02. The van der Waals surface area contributed by atoms with Crippen molar-refractivity contribution >= 4 is 39.2 Å². The number of fused-ring (bicyclic) bond motifs is 2. The Labute approximate surface area is 196 Å². The van der Waals surface area contributed by atoms with Gasteiger partial charge >= 0.3 is 0 Å². The minimum atomic E-state index is -4.02. The topological polar surface area (TPSA) is 88.4 Å². The first-order valence-corrected chi connectivity index (χ1v) is 12.2. The first kappa shape index (κ1) is 21.9. The number of benzene rings is 3. The van der Waals surface area contributed by atoms with Crippen LogP contribution < -0.4 is 9.64 Å². The molecule has 0 saturated carbocycles. The van der Waals surface area contributed by atoms with Crippen LogP contribution in [0, 0.1) is 5.92 Å². The summed E-state index contributed by atoms with van der Waals surface area (Å²) in [4.78, 5) is 1.91. The monoisotopic (exact) mass is 484 g/mol. The highest BCUT2D eigenvalue weighted by Gasteiger charge is 2.40. The van der Waals surface area contributed by atoms with Crippen molar-refractivity contribution in [3.8, 4) is 11.5 Å². The fourth-order valence-corrected chi connectivity index (χ4v) is 5.55. The molecule has 2 aliphatic heterocycles. The van der Waals surface area contributed by atoms with Gasteiger partial charge in [-0.15, -0.1) is 0 Å². The van der Waals surface area contributed by atoms with E-state index in [1.54, 1.807) is 12.1 Å². The number of hydrogen-bond donors (Lipinski definition) is 1. The lowest BCUT2D eigenvalue weighted by molar-refractivity contribution is -0.0254. The summed E-state index contributed by atoms with van der Waals surface area (Å²) in [5.41, 5.74) is 1.59. The second-order valence-corrected chi connectivity index (χ2v) is 9.83. The zero-order valence-electron chi connectivity index (χ0n) is 17.4. The van der Waals surface area contributed by atoms with E-state index < -0.39 is 28.1 Å². The third kappa shape index (κ3) is 4.11. The molecule has 1 N–H and O–H groups in total. The number of nitrogens with zero attached hydrogens (tertiary/aromatic N) is 2. The summed E-state index contributed by atoms with van der Waals surface area (Å²) >= 11 is 6.03. The number of ether oxygens (including phenoxy) is 2. The number of aliphatic hydroxyl groups is 1. The Bertz CT molecular complexity index is 1270. The van der Waals surface area contributed by atoms with Crippen LogP contribution in [0.3, 0.4) is 0 Å². The molecule has 1 unspecified atom stereocenters. The molecule has 2 aliphatic rings. The SMILES string of the molecule is O=S(=O)(N=CC1COC[C@H](N2c3ccccc3Oc3ccccc32)[C@H]1O)c1ccccc1Cl. The van der Waals surface area contributed by atoms with Crippen LogP contribution in [0.2, 0.25) is 5.02 Å². The average Bonchev–Trinajstić information content (AvgIpc) is 2.82. The van der Waals surface area contributed by atoms with Gasteiger partial charge in [-0.2, -0.15) is 12.8 Å². The summed E-state index contributed by atoms with van der Waals surface area (Å²) in [6.07, 6.45) is 0.302. The smallest absolute Gasteiger partial charge is 0.283 e. The molecule has 1 fully saturated rings. The minimum Gasteiger partial charge on any atom is -0.453 e. The van der Waals surface area contributed by atoms with Crippen molar-refractivity contribution in [2.24, 2.45) is 10.3 Å². The molecule has 2 heterocycles. The lowest BCUT2D eigenvalue weighted by Crippen LogP contribution is -2.53. The maximum atomic E-state index is 12.7. The van der Waals surface area contributed by atoms with E-state index >= 15 is 0 Å². The summed E-state index contributed by atoms with van der Waals surface area (Å²) in [6, 6.07) is 20.7. The fourth-order valence-electron chi connectivity index (χ4n) is 4.13. The summed E-state index contributed by atoms with van der Waals surface area (Å²) in [6.45, 7) is 0.401. The minimum absolute atomic E-state index is 0.0817.